The van der Waals surface area contributed by atoms with Gasteiger partial charge in [0.15, 0.2) is 0 Å². The molecule has 2 atom stereocenters. The van der Waals surface area contributed by atoms with Crippen molar-refractivity contribution in [3.63, 3.8) is 0 Å². The van der Waals surface area contributed by atoms with Gasteiger partial charge in [-0.1, -0.05) is 20.8 Å². The first-order valence-corrected chi connectivity index (χ1v) is 6.51. The third kappa shape index (κ3) is 3.68. The molecule has 0 aliphatic heterocycles. The first-order valence-electron chi connectivity index (χ1n) is 6.51. The molecule has 1 saturated carbocycles. The smallest absolute Gasteiger partial charge is 0.246 e. The van der Waals surface area contributed by atoms with Crippen LogP contribution in [-0.2, 0) is 14.3 Å². The second-order valence-corrected chi connectivity index (χ2v) is 5.17. The standard InChI is InChI=1S/C13H25NO3/c1-5-7-16-9-12(15)14-10-8-11(17-6-2)13(10,3)4/h10-11H,5-9H2,1-4H3,(H,14,15). The first kappa shape index (κ1) is 14.5. The Bertz CT molecular complexity index is 253. The largest absolute Gasteiger partial charge is 0.378 e. The molecule has 17 heavy (non-hydrogen) atoms. The molecule has 1 aliphatic rings. The molecule has 0 spiro atoms. The van der Waals surface area contributed by atoms with E-state index in [4.69, 9.17) is 9.47 Å². The molecule has 1 amide bonds. The van der Waals surface area contributed by atoms with Crippen molar-refractivity contribution in [2.75, 3.05) is 19.8 Å². The van der Waals surface area contributed by atoms with Crippen LogP contribution in [0, 0.1) is 5.41 Å². The Labute approximate surface area is 104 Å². The summed E-state index contributed by atoms with van der Waals surface area (Å²) in [7, 11) is 0. The SMILES string of the molecule is CCCOCC(=O)NC1CC(OCC)C1(C)C. The van der Waals surface area contributed by atoms with Crippen LogP contribution in [0.25, 0.3) is 0 Å². The van der Waals surface area contributed by atoms with E-state index in [0.717, 1.165) is 19.4 Å². The lowest BCUT2D eigenvalue weighted by atomic mass is 9.64. The van der Waals surface area contributed by atoms with Crippen LogP contribution in [0.4, 0.5) is 0 Å². The maximum Gasteiger partial charge on any atom is 0.246 e. The van der Waals surface area contributed by atoms with Crippen LogP contribution in [0.5, 0.6) is 0 Å². The molecule has 2 unspecified atom stereocenters. The number of hydrogen-bond donors (Lipinski definition) is 1. The van der Waals surface area contributed by atoms with Crippen LogP contribution < -0.4 is 5.32 Å². The van der Waals surface area contributed by atoms with Gasteiger partial charge in [0.25, 0.3) is 0 Å². The maximum atomic E-state index is 11.6. The second kappa shape index (κ2) is 6.36. The first-order chi connectivity index (χ1) is 8.02. The molecule has 0 aromatic rings. The molecule has 1 N–H and O–H groups in total. The zero-order valence-electron chi connectivity index (χ0n) is 11.4. The monoisotopic (exact) mass is 243 g/mol. The normalized spacial score (nSPS) is 26.4. The van der Waals surface area contributed by atoms with Gasteiger partial charge in [-0.25, -0.2) is 0 Å². The number of nitrogens with one attached hydrogen (secondary N) is 1. The molecule has 100 valence electrons. The average molecular weight is 243 g/mol. The van der Waals surface area contributed by atoms with Gasteiger partial charge in [-0.05, 0) is 19.8 Å². The van der Waals surface area contributed by atoms with Crippen molar-refractivity contribution in [1.29, 1.82) is 0 Å². The fourth-order valence-electron chi connectivity index (χ4n) is 2.16. The Kier molecular flexibility index (Phi) is 5.40. The Morgan fingerprint density at radius 1 is 1.41 bits per heavy atom. The summed E-state index contributed by atoms with van der Waals surface area (Å²) in [6.45, 7) is 9.83. The highest BCUT2D eigenvalue weighted by Gasteiger charge is 2.49. The molecule has 0 bridgehead atoms. The van der Waals surface area contributed by atoms with Crippen LogP contribution in [0.15, 0.2) is 0 Å². The van der Waals surface area contributed by atoms with Crippen molar-refractivity contribution in [3.8, 4) is 0 Å². The summed E-state index contributed by atoms with van der Waals surface area (Å²) in [6, 6.07) is 0.205. The van der Waals surface area contributed by atoms with Gasteiger partial charge in [-0.2, -0.15) is 0 Å². The van der Waals surface area contributed by atoms with Crippen molar-refractivity contribution in [2.45, 2.75) is 52.7 Å². The number of carbonyl (C=O) groups is 1. The second-order valence-electron chi connectivity index (χ2n) is 5.17. The Balaban J connectivity index is 2.27. The predicted molar refractivity (Wildman–Crippen MR) is 66.9 cm³/mol. The topological polar surface area (TPSA) is 47.6 Å². The van der Waals surface area contributed by atoms with Gasteiger partial charge in [-0.3, -0.25) is 4.79 Å². The Morgan fingerprint density at radius 2 is 2.12 bits per heavy atom. The molecule has 0 aromatic carbocycles. The third-order valence-corrected chi connectivity index (χ3v) is 3.46. The lowest BCUT2D eigenvalue weighted by molar-refractivity contribution is -0.140. The van der Waals surface area contributed by atoms with Crippen molar-refractivity contribution in [1.82, 2.24) is 5.32 Å². The Morgan fingerprint density at radius 3 is 2.65 bits per heavy atom. The number of hydrogen-bond acceptors (Lipinski definition) is 3. The van der Waals surface area contributed by atoms with Crippen molar-refractivity contribution in [3.05, 3.63) is 0 Å². The van der Waals surface area contributed by atoms with E-state index >= 15 is 0 Å². The number of carbonyl (C=O) groups excluding carboxylic acids is 1. The molecule has 0 radical (unpaired) electrons. The van der Waals surface area contributed by atoms with E-state index in [1.165, 1.54) is 0 Å². The van der Waals surface area contributed by atoms with Gasteiger partial charge >= 0.3 is 0 Å². The summed E-state index contributed by atoms with van der Waals surface area (Å²) >= 11 is 0. The molecule has 0 aromatic heterocycles. The maximum absolute atomic E-state index is 11.6. The van der Waals surface area contributed by atoms with Crippen LogP contribution in [0.1, 0.15) is 40.5 Å². The van der Waals surface area contributed by atoms with Crippen LogP contribution in [-0.4, -0.2) is 37.9 Å². The van der Waals surface area contributed by atoms with E-state index in [1.54, 1.807) is 0 Å². The molecular formula is C13H25NO3. The Hall–Kier alpha value is -0.610. The summed E-state index contributed by atoms with van der Waals surface area (Å²) in [5, 5.41) is 3.01. The number of rotatable bonds is 7. The fraction of sp³-hybridized carbons (Fsp3) is 0.923. The van der Waals surface area contributed by atoms with E-state index in [2.05, 4.69) is 19.2 Å². The minimum absolute atomic E-state index is 0.0218. The van der Waals surface area contributed by atoms with Gasteiger partial charge in [0.05, 0.1) is 6.10 Å². The van der Waals surface area contributed by atoms with Gasteiger partial charge in [-0.15, -0.1) is 0 Å². The highest BCUT2D eigenvalue weighted by Crippen LogP contribution is 2.42. The minimum Gasteiger partial charge on any atom is -0.378 e. The quantitative estimate of drug-likeness (QED) is 0.693. The summed E-state index contributed by atoms with van der Waals surface area (Å²) in [4.78, 5) is 11.6. The molecule has 1 aliphatic carbocycles. The van der Waals surface area contributed by atoms with Crippen molar-refractivity contribution >= 4 is 5.91 Å². The lowest BCUT2D eigenvalue weighted by Gasteiger charge is -2.51. The summed E-state index contributed by atoms with van der Waals surface area (Å²) in [5.41, 5.74) is 0.0242. The average Bonchev–Trinajstić information content (AvgIpc) is 2.28. The van der Waals surface area contributed by atoms with E-state index < -0.39 is 0 Å². The molecule has 1 rings (SSSR count). The van der Waals surface area contributed by atoms with Crippen LogP contribution in [0.3, 0.4) is 0 Å². The number of amides is 1. The van der Waals surface area contributed by atoms with Gasteiger partial charge in [0.1, 0.15) is 6.61 Å². The van der Waals surface area contributed by atoms with Crippen molar-refractivity contribution < 1.29 is 14.3 Å². The zero-order chi connectivity index (χ0) is 12.9. The van der Waals surface area contributed by atoms with E-state index in [1.807, 2.05) is 13.8 Å². The molecule has 4 heteroatoms. The highest BCUT2D eigenvalue weighted by molar-refractivity contribution is 5.77. The third-order valence-electron chi connectivity index (χ3n) is 3.46. The summed E-state index contributed by atoms with van der Waals surface area (Å²) < 4.78 is 10.8. The van der Waals surface area contributed by atoms with Crippen molar-refractivity contribution in [2.24, 2.45) is 5.41 Å². The fourth-order valence-corrected chi connectivity index (χ4v) is 2.16. The van der Waals surface area contributed by atoms with E-state index in [9.17, 15) is 4.79 Å². The molecule has 1 fully saturated rings. The molecule has 0 saturated heterocycles. The molecule has 0 heterocycles. The van der Waals surface area contributed by atoms with Crippen LogP contribution in [0.2, 0.25) is 0 Å². The highest BCUT2D eigenvalue weighted by atomic mass is 16.5. The number of ether oxygens (including phenoxy) is 2. The van der Waals surface area contributed by atoms with E-state index in [-0.39, 0.29) is 30.1 Å². The summed E-state index contributed by atoms with van der Waals surface area (Å²) in [6.07, 6.45) is 2.10. The minimum atomic E-state index is -0.0218. The zero-order valence-corrected chi connectivity index (χ0v) is 11.4. The molecular weight excluding hydrogens is 218 g/mol. The van der Waals surface area contributed by atoms with Gasteiger partial charge in [0, 0.05) is 24.7 Å². The van der Waals surface area contributed by atoms with Gasteiger partial charge in [0.2, 0.25) is 5.91 Å². The lowest BCUT2D eigenvalue weighted by Crippen LogP contribution is -2.62. The predicted octanol–water partition coefficient (Wildman–Crippen LogP) is 1.73. The van der Waals surface area contributed by atoms with E-state index in [0.29, 0.717) is 6.61 Å². The molecule has 4 nitrogen and oxygen atoms in total. The van der Waals surface area contributed by atoms with Crippen LogP contribution >= 0.6 is 0 Å². The summed E-state index contributed by atoms with van der Waals surface area (Å²) in [5.74, 6) is -0.0218. The van der Waals surface area contributed by atoms with Gasteiger partial charge < -0.3 is 14.8 Å².